The molecule has 7 heteroatoms. The van der Waals surface area contributed by atoms with Crippen LogP contribution >= 0.6 is 15.9 Å². The molecule has 0 saturated heterocycles. The molecule has 1 aromatic carbocycles. The summed E-state index contributed by atoms with van der Waals surface area (Å²) in [6.07, 6.45) is 5.14. The van der Waals surface area contributed by atoms with Crippen molar-refractivity contribution in [2.75, 3.05) is 12.4 Å². The number of halogens is 1. The number of hydrogen-bond acceptors (Lipinski definition) is 5. The average Bonchev–Trinajstić information content (AvgIpc) is 2.59. The van der Waals surface area contributed by atoms with Crippen LogP contribution in [0.1, 0.15) is 43.2 Å². The molecular formula is C17H22BrNO5. The van der Waals surface area contributed by atoms with E-state index < -0.39 is 17.0 Å². The average molecular weight is 400 g/mol. The molecular weight excluding hydrogens is 378 g/mol. The van der Waals surface area contributed by atoms with Gasteiger partial charge in [-0.05, 0) is 62.1 Å². The second-order valence-electron chi connectivity index (χ2n) is 5.87. The van der Waals surface area contributed by atoms with Gasteiger partial charge in [0.2, 0.25) is 0 Å². The quantitative estimate of drug-likeness (QED) is 0.217. The molecule has 0 bridgehead atoms. The van der Waals surface area contributed by atoms with Gasteiger partial charge in [-0.2, -0.15) is 0 Å². The first-order valence-corrected chi connectivity index (χ1v) is 9.29. The fourth-order valence-electron chi connectivity index (χ4n) is 2.92. The highest BCUT2D eigenvalue weighted by Gasteiger charge is 2.27. The molecule has 1 aliphatic carbocycles. The minimum atomic E-state index is -0.825. The van der Waals surface area contributed by atoms with E-state index in [0.29, 0.717) is 6.42 Å². The van der Waals surface area contributed by atoms with Gasteiger partial charge in [0.25, 0.3) is 0 Å². The van der Waals surface area contributed by atoms with E-state index in [9.17, 15) is 14.9 Å². The molecule has 1 unspecified atom stereocenters. The van der Waals surface area contributed by atoms with Crippen LogP contribution in [0.15, 0.2) is 12.1 Å². The molecule has 0 spiro atoms. The van der Waals surface area contributed by atoms with Crippen LogP contribution in [0.3, 0.4) is 0 Å². The third-order valence-corrected chi connectivity index (χ3v) is 4.76. The van der Waals surface area contributed by atoms with E-state index in [-0.39, 0.29) is 11.4 Å². The lowest BCUT2D eigenvalue weighted by Gasteiger charge is -2.20. The molecule has 0 N–H and O–H groups in total. The van der Waals surface area contributed by atoms with Gasteiger partial charge in [0.05, 0.1) is 12.0 Å². The van der Waals surface area contributed by atoms with E-state index in [1.807, 2.05) is 0 Å². The van der Waals surface area contributed by atoms with Gasteiger partial charge in [-0.3, -0.25) is 10.1 Å². The molecule has 1 aliphatic rings. The van der Waals surface area contributed by atoms with Crippen LogP contribution in [-0.4, -0.2) is 29.4 Å². The van der Waals surface area contributed by atoms with Gasteiger partial charge >= 0.3 is 11.7 Å². The number of fused-ring (bicyclic) bond motifs is 1. The maximum Gasteiger partial charge on any atom is 0.347 e. The second kappa shape index (κ2) is 9.01. The number of carbonyl (C=O) groups is 1. The van der Waals surface area contributed by atoms with Gasteiger partial charge in [0.15, 0.2) is 11.9 Å². The van der Waals surface area contributed by atoms with Gasteiger partial charge in [-0.15, -0.1) is 0 Å². The summed E-state index contributed by atoms with van der Waals surface area (Å²) in [6.45, 7) is 0. The number of alkyl halides is 1. The van der Waals surface area contributed by atoms with Crippen LogP contribution in [0.25, 0.3) is 0 Å². The van der Waals surface area contributed by atoms with Crippen molar-refractivity contribution in [2.45, 2.75) is 51.0 Å². The molecule has 0 aromatic heterocycles. The molecule has 0 fully saturated rings. The molecule has 24 heavy (non-hydrogen) atoms. The molecule has 0 heterocycles. The van der Waals surface area contributed by atoms with Crippen LogP contribution in [0, 0.1) is 10.1 Å². The number of nitrogens with zero attached hydrogens (tertiary/aromatic N) is 1. The van der Waals surface area contributed by atoms with Crippen molar-refractivity contribution in [3.8, 4) is 5.75 Å². The van der Waals surface area contributed by atoms with Crippen molar-refractivity contribution < 1.29 is 19.2 Å². The van der Waals surface area contributed by atoms with Crippen LogP contribution in [0.5, 0.6) is 5.75 Å². The Morgan fingerprint density at radius 3 is 2.54 bits per heavy atom. The Hall–Kier alpha value is -1.63. The summed E-state index contributed by atoms with van der Waals surface area (Å²) in [5.74, 6) is -0.341. The monoisotopic (exact) mass is 399 g/mol. The smallest absolute Gasteiger partial charge is 0.347 e. The van der Waals surface area contributed by atoms with Crippen molar-refractivity contribution >= 4 is 27.6 Å². The van der Waals surface area contributed by atoms with E-state index in [4.69, 9.17) is 9.47 Å². The van der Waals surface area contributed by atoms with E-state index in [2.05, 4.69) is 15.9 Å². The Labute approximate surface area is 149 Å². The van der Waals surface area contributed by atoms with Gasteiger partial charge in [-0.25, -0.2) is 4.79 Å². The normalized spacial score (nSPS) is 14.6. The number of hydrogen-bond donors (Lipinski definition) is 0. The Morgan fingerprint density at radius 1 is 1.29 bits per heavy atom. The second-order valence-corrected chi connectivity index (χ2v) is 6.66. The van der Waals surface area contributed by atoms with Gasteiger partial charge in [-0.1, -0.05) is 15.9 Å². The number of esters is 1. The van der Waals surface area contributed by atoms with E-state index in [1.54, 1.807) is 12.1 Å². The molecule has 2 rings (SSSR count). The highest BCUT2D eigenvalue weighted by molar-refractivity contribution is 9.09. The number of carbonyl (C=O) groups excluding carboxylic acids is 1. The summed E-state index contributed by atoms with van der Waals surface area (Å²) in [4.78, 5) is 22.9. The minimum absolute atomic E-state index is 0.0787. The zero-order chi connectivity index (χ0) is 17.5. The molecule has 0 saturated carbocycles. The van der Waals surface area contributed by atoms with Crippen molar-refractivity contribution in [1.82, 2.24) is 0 Å². The lowest BCUT2D eigenvalue weighted by Crippen LogP contribution is -2.29. The summed E-state index contributed by atoms with van der Waals surface area (Å²) in [6, 6.07) is 3.32. The van der Waals surface area contributed by atoms with Crippen molar-refractivity contribution in [2.24, 2.45) is 0 Å². The van der Waals surface area contributed by atoms with E-state index in [1.165, 1.54) is 7.11 Å². The number of nitro benzene ring substituents is 1. The highest BCUT2D eigenvalue weighted by atomic mass is 79.9. The number of rotatable bonds is 8. The third-order valence-electron chi connectivity index (χ3n) is 4.20. The summed E-state index contributed by atoms with van der Waals surface area (Å²) in [5, 5.41) is 12.2. The van der Waals surface area contributed by atoms with Crippen molar-refractivity contribution in [1.29, 1.82) is 0 Å². The Balaban J connectivity index is 2.26. The lowest BCUT2D eigenvalue weighted by molar-refractivity contribution is -0.386. The number of aryl methyl sites for hydroxylation is 2. The molecule has 6 nitrogen and oxygen atoms in total. The van der Waals surface area contributed by atoms with Gasteiger partial charge in [0.1, 0.15) is 0 Å². The topological polar surface area (TPSA) is 78.7 Å². The Morgan fingerprint density at radius 2 is 1.96 bits per heavy atom. The maximum absolute atomic E-state index is 12.0. The van der Waals surface area contributed by atoms with Crippen LogP contribution in [0.2, 0.25) is 0 Å². The Bertz CT molecular complexity index is 605. The molecule has 132 valence electrons. The number of benzene rings is 1. The number of unbranched alkanes of at least 4 members (excludes halogenated alkanes) is 1. The zero-order valence-corrected chi connectivity index (χ0v) is 15.3. The van der Waals surface area contributed by atoms with E-state index >= 15 is 0 Å². The molecule has 0 radical (unpaired) electrons. The summed E-state index contributed by atoms with van der Waals surface area (Å²) in [7, 11) is 1.30. The highest BCUT2D eigenvalue weighted by Crippen LogP contribution is 2.35. The summed E-state index contributed by atoms with van der Waals surface area (Å²) in [5.41, 5.74) is 2.00. The van der Waals surface area contributed by atoms with Gasteiger partial charge in [0, 0.05) is 11.4 Å². The predicted molar refractivity (Wildman–Crippen MR) is 93.8 cm³/mol. The fraction of sp³-hybridized carbons (Fsp3) is 0.588. The van der Waals surface area contributed by atoms with E-state index in [0.717, 1.165) is 55.0 Å². The lowest BCUT2D eigenvalue weighted by atomic mass is 9.91. The molecule has 1 aromatic rings. The maximum atomic E-state index is 12.0. The summed E-state index contributed by atoms with van der Waals surface area (Å²) < 4.78 is 10.5. The first-order chi connectivity index (χ1) is 11.6. The predicted octanol–water partition coefficient (Wildman–Crippen LogP) is 3.96. The van der Waals surface area contributed by atoms with Crippen LogP contribution < -0.4 is 4.74 Å². The molecule has 0 amide bonds. The minimum Gasteiger partial charge on any atom is -0.472 e. The van der Waals surface area contributed by atoms with Crippen molar-refractivity contribution in [3.05, 3.63) is 33.4 Å². The standard InChI is InChI=1S/C17H22BrNO5/c1-23-17(20)15(8-4-5-9-18)24-16-11-13-7-3-2-6-12(13)10-14(16)19(21)22/h10-11,15H,2-9H2,1H3. The number of methoxy groups -OCH3 is 1. The van der Waals surface area contributed by atoms with Crippen LogP contribution in [-0.2, 0) is 22.4 Å². The first kappa shape index (κ1) is 18.7. The summed E-state index contributed by atoms with van der Waals surface area (Å²) >= 11 is 3.35. The molecule has 0 aliphatic heterocycles. The van der Waals surface area contributed by atoms with Gasteiger partial charge < -0.3 is 9.47 Å². The van der Waals surface area contributed by atoms with Crippen LogP contribution in [0.4, 0.5) is 5.69 Å². The number of nitro groups is 1. The molecule has 1 atom stereocenters. The SMILES string of the molecule is COC(=O)C(CCCCBr)Oc1cc2c(cc1[N+](=O)[O-])CCCC2. The Kier molecular flexibility index (Phi) is 7.02. The fourth-order valence-corrected chi connectivity index (χ4v) is 3.32. The largest absolute Gasteiger partial charge is 0.472 e. The third kappa shape index (κ3) is 4.69. The first-order valence-electron chi connectivity index (χ1n) is 8.17. The van der Waals surface area contributed by atoms with Crippen molar-refractivity contribution in [3.63, 3.8) is 0 Å². The zero-order valence-electron chi connectivity index (χ0n) is 13.8. The number of ether oxygens (including phenoxy) is 2.